The molecule has 0 radical (unpaired) electrons. The van der Waals surface area contributed by atoms with Crippen LogP contribution in [-0.2, 0) is 6.54 Å². The highest BCUT2D eigenvalue weighted by Crippen LogP contribution is 2.34. The topological polar surface area (TPSA) is 33.7 Å². The van der Waals surface area contributed by atoms with Crippen LogP contribution in [0.1, 0.15) is 12.0 Å². The molecule has 1 saturated heterocycles. The number of nitrogens with zero attached hydrogens (tertiary/aromatic N) is 1. The van der Waals surface area contributed by atoms with E-state index in [1.807, 2.05) is 12.1 Å². The first-order chi connectivity index (χ1) is 8.88. The Balaban J connectivity index is 1.84. The van der Waals surface area contributed by atoms with Crippen LogP contribution in [0.2, 0.25) is 0 Å². The quantitative estimate of drug-likeness (QED) is 0.854. The molecule has 3 rings (SSSR count). The van der Waals surface area contributed by atoms with Gasteiger partial charge in [0.15, 0.2) is 11.5 Å². The van der Waals surface area contributed by atoms with Gasteiger partial charge in [0.25, 0.3) is 0 Å². The zero-order valence-corrected chi connectivity index (χ0v) is 10.8. The third-order valence-corrected chi connectivity index (χ3v) is 3.83. The number of ether oxygens (including phenoxy) is 2. The molecule has 0 amide bonds. The Morgan fingerprint density at radius 1 is 1.44 bits per heavy atom. The van der Waals surface area contributed by atoms with Crippen LogP contribution in [0.3, 0.4) is 0 Å². The maximum absolute atomic E-state index is 5.87. The second kappa shape index (κ2) is 5.16. The van der Waals surface area contributed by atoms with Crippen LogP contribution in [0, 0.1) is 0 Å². The van der Waals surface area contributed by atoms with Crippen molar-refractivity contribution in [3.63, 3.8) is 0 Å². The van der Waals surface area contributed by atoms with Gasteiger partial charge in [-0.2, -0.15) is 0 Å². The lowest BCUT2D eigenvalue weighted by Crippen LogP contribution is -2.37. The van der Waals surface area contributed by atoms with E-state index in [0.717, 1.165) is 44.3 Å². The van der Waals surface area contributed by atoms with E-state index in [9.17, 15) is 0 Å². The summed E-state index contributed by atoms with van der Waals surface area (Å²) in [7, 11) is 1.70. The summed E-state index contributed by atoms with van der Waals surface area (Å²) in [5, 5.41) is 3.43. The Morgan fingerprint density at radius 3 is 3.17 bits per heavy atom. The molecule has 0 spiro atoms. The smallest absolute Gasteiger partial charge is 0.165 e. The van der Waals surface area contributed by atoms with Gasteiger partial charge in [0.1, 0.15) is 6.61 Å². The SMILES string of the molecule is COc1cccc2c1OCCN(C1CCNC1)C2. The summed E-state index contributed by atoms with van der Waals surface area (Å²) in [4.78, 5) is 2.52. The first kappa shape index (κ1) is 11.8. The zero-order chi connectivity index (χ0) is 12.4. The van der Waals surface area contributed by atoms with E-state index in [1.165, 1.54) is 12.0 Å². The Bertz CT molecular complexity index is 416. The molecular weight excluding hydrogens is 228 g/mol. The van der Waals surface area contributed by atoms with Gasteiger partial charge in [-0.05, 0) is 19.0 Å². The molecule has 0 saturated carbocycles. The first-order valence-electron chi connectivity index (χ1n) is 6.62. The lowest BCUT2D eigenvalue weighted by molar-refractivity contribution is 0.177. The van der Waals surface area contributed by atoms with E-state index >= 15 is 0 Å². The molecule has 2 aliphatic heterocycles. The zero-order valence-electron chi connectivity index (χ0n) is 10.8. The van der Waals surface area contributed by atoms with E-state index in [2.05, 4.69) is 16.3 Å². The fraction of sp³-hybridized carbons (Fsp3) is 0.571. The Kier molecular flexibility index (Phi) is 3.39. The minimum Gasteiger partial charge on any atom is -0.493 e. The van der Waals surface area contributed by atoms with E-state index in [1.54, 1.807) is 7.11 Å². The second-order valence-corrected chi connectivity index (χ2v) is 4.91. The van der Waals surface area contributed by atoms with E-state index in [0.29, 0.717) is 6.04 Å². The molecule has 0 bridgehead atoms. The van der Waals surface area contributed by atoms with E-state index < -0.39 is 0 Å². The Morgan fingerprint density at radius 2 is 2.39 bits per heavy atom. The number of rotatable bonds is 2. The van der Waals surface area contributed by atoms with Crippen molar-refractivity contribution >= 4 is 0 Å². The lowest BCUT2D eigenvalue weighted by atomic mass is 10.1. The molecule has 1 aromatic rings. The van der Waals surface area contributed by atoms with Crippen molar-refractivity contribution in [1.29, 1.82) is 0 Å². The van der Waals surface area contributed by atoms with Crippen LogP contribution in [0.15, 0.2) is 18.2 Å². The van der Waals surface area contributed by atoms with Crippen LogP contribution < -0.4 is 14.8 Å². The van der Waals surface area contributed by atoms with Crippen molar-refractivity contribution < 1.29 is 9.47 Å². The van der Waals surface area contributed by atoms with Gasteiger partial charge >= 0.3 is 0 Å². The summed E-state index contributed by atoms with van der Waals surface area (Å²) in [6.45, 7) is 4.92. The highest BCUT2D eigenvalue weighted by atomic mass is 16.5. The molecule has 1 fully saturated rings. The molecule has 1 unspecified atom stereocenters. The second-order valence-electron chi connectivity index (χ2n) is 4.91. The van der Waals surface area contributed by atoms with Crippen molar-refractivity contribution in [2.75, 3.05) is 33.4 Å². The van der Waals surface area contributed by atoms with Crippen molar-refractivity contribution in [3.8, 4) is 11.5 Å². The van der Waals surface area contributed by atoms with Gasteiger partial charge < -0.3 is 14.8 Å². The third-order valence-electron chi connectivity index (χ3n) is 3.83. The minimum atomic E-state index is 0.644. The van der Waals surface area contributed by atoms with Gasteiger partial charge in [0.2, 0.25) is 0 Å². The maximum atomic E-state index is 5.87. The van der Waals surface area contributed by atoms with Crippen LogP contribution in [0.5, 0.6) is 11.5 Å². The number of fused-ring (bicyclic) bond motifs is 1. The first-order valence-corrected chi connectivity index (χ1v) is 6.62. The monoisotopic (exact) mass is 248 g/mol. The summed E-state index contributed by atoms with van der Waals surface area (Å²) in [5.41, 5.74) is 1.23. The number of methoxy groups -OCH3 is 1. The molecule has 2 heterocycles. The molecule has 4 heteroatoms. The molecule has 2 aliphatic rings. The maximum Gasteiger partial charge on any atom is 0.165 e. The molecule has 1 aromatic carbocycles. The standard InChI is InChI=1S/C14H20N2O2/c1-17-13-4-2-3-11-10-16(7-8-18-14(11)13)12-5-6-15-9-12/h2-4,12,15H,5-10H2,1H3. The van der Waals surface area contributed by atoms with Gasteiger partial charge in [-0.1, -0.05) is 12.1 Å². The summed E-state index contributed by atoms with van der Waals surface area (Å²) >= 11 is 0. The number of hydrogen-bond donors (Lipinski definition) is 1. The van der Waals surface area contributed by atoms with Crippen molar-refractivity contribution in [3.05, 3.63) is 23.8 Å². The molecule has 98 valence electrons. The molecule has 4 nitrogen and oxygen atoms in total. The van der Waals surface area contributed by atoms with Gasteiger partial charge in [-0.15, -0.1) is 0 Å². The van der Waals surface area contributed by atoms with E-state index in [-0.39, 0.29) is 0 Å². The predicted molar refractivity (Wildman–Crippen MR) is 70.2 cm³/mol. The van der Waals surface area contributed by atoms with Gasteiger partial charge in [0, 0.05) is 31.2 Å². The molecule has 0 aliphatic carbocycles. The number of hydrogen-bond acceptors (Lipinski definition) is 4. The molecular formula is C14H20N2O2. The number of para-hydroxylation sites is 1. The van der Waals surface area contributed by atoms with Gasteiger partial charge in [0.05, 0.1) is 7.11 Å². The van der Waals surface area contributed by atoms with Crippen LogP contribution >= 0.6 is 0 Å². The normalized spacial score (nSPS) is 24.2. The highest BCUT2D eigenvalue weighted by molar-refractivity contribution is 5.47. The highest BCUT2D eigenvalue weighted by Gasteiger charge is 2.26. The fourth-order valence-corrected chi connectivity index (χ4v) is 2.84. The molecule has 0 aromatic heterocycles. The minimum absolute atomic E-state index is 0.644. The summed E-state index contributed by atoms with van der Waals surface area (Å²) < 4.78 is 11.2. The molecule has 1 N–H and O–H groups in total. The van der Waals surface area contributed by atoms with Crippen molar-refractivity contribution in [2.45, 2.75) is 19.0 Å². The number of benzene rings is 1. The lowest BCUT2D eigenvalue weighted by Gasteiger charge is -2.25. The average molecular weight is 248 g/mol. The van der Waals surface area contributed by atoms with Gasteiger partial charge in [-0.3, -0.25) is 4.90 Å². The fourth-order valence-electron chi connectivity index (χ4n) is 2.84. The largest absolute Gasteiger partial charge is 0.493 e. The van der Waals surface area contributed by atoms with E-state index in [4.69, 9.17) is 9.47 Å². The van der Waals surface area contributed by atoms with Crippen LogP contribution in [-0.4, -0.2) is 44.3 Å². The van der Waals surface area contributed by atoms with Crippen molar-refractivity contribution in [1.82, 2.24) is 10.2 Å². The molecule has 1 atom stereocenters. The van der Waals surface area contributed by atoms with Crippen LogP contribution in [0.25, 0.3) is 0 Å². The van der Waals surface area contributed by atoms with Crippen molar-refractivity contribution in [2.24, 2.45) is 0 Å². The Hall–Kier alpha value is -1.26. The number of nitrogens with one attached hydrogen (secondary N) is 1. The molecule has 18 heavy (non-hydrogen) atoms. The summed E-state index contributed by atoms with van der Waals surface area (Å²) in [6, 6.07) is 6.78. The van der Waals surface area contributed by atoms with Crippen LogP contribution in [0.4, 0.5) is 0 Å². The predicted octanol–water partition coefficient (Wildman–Crippen LogP) is 1.25. The van der Waals surface area contributed by atoms with Gasteiger partial charge in [-0.25, -0.2) is 0 Å². The average Bonchev–Trinajstić information content (AvgIpc) is 2.84. The Labute approximate surface area is 108 Å². The summed E-state index contributed by atoms with van der Waals surface area (Å²) in [6.07, 6.45) is 1.24. The summed E-state index contributed by atoms with van der Waals surface area (Å²) in [5.74, 6) is 1.77. The third kappa shape index (κ3) is 2.18.